The van der Waals surface area contributed by atoms with Gasteiger partial charge >= 0.3 is 0 Å². The second-order valence-electron chi connectivity index (χ2n) is 16.4. The first-order valence-corrected chi connectivity index (χ1v) is 17.7. The van der Waals surface area contributed by atoms with Crippen LogP contribution in [0.25, 0.3) is 0 Å². The van der Waals surface area contributed by atoms with Gasteiger partial charge in [0.15, 0.2) is 0 Å². The van der Waals surface area contributed by atoms with Gasteiger partial charge in [0.2, 0.25) is 6.71 Å². The van der Waals surface area contributed by atoms with E-state index in [4.69, 9.17) is 0 Å². The molecule has 6 aromatic rings. The van der Waals surface area contributed by atoms with Crippen molar-refractivity contribution in [1.82, 2.24) is 0 Å². The van der Waals surface area contributed by atoms with Gasteiger partial charge in [0, 0.05) is 16.2 Å². The summed E-state index contributed by atoms with van der Waals surface area (Å²) in [5, 5.41) is 0. The van der Waals surface area contributed by atoms with Gasteiger partial charge in [-0.25, -0.2) is 0 Å². The van der Waals surface area contributed by atoms with Gasteiger partial charge in [0.05, 0.1) is 22.5 Å². The molecule has 0 aromatic heterocycles. The molecule has 0 aliphatic carbocycles. The molecule has 1 nitrogen and oxygen atoms in total. The third-order valence-electron chi connectivity index (χ3n) is 13.4. The number of hydrogen-bond acceptors (Lipinski definition) is 1. The first kappa shape index (κ1) is 27.2. The fourth-order valence-corrected chi connectivity index (χ4v) is 11.3. The molecule has 5 heterocycles. The summed E-state index contributed by atoms with van der Waals surface area (Å²) in [4.78, 5) is 2.60. The van der Waals surface area contributed by atoms with Crippen molar-refractivity contribution < 1.29 is 0 Å². The van der Waals surface area contributed by atoms with Crippen LogP contribution in [0.5, 0.6) is 0 Å². The Morgan fingerprint density at radius 2 is 0.708 bits per heavy atom. The average Bonchev–Trinajstić information content (AvgIpc) is 3.09. The number of rotatable bonds is 0. The summed E-state index contributed by atoms with van der Waals surface area (Å²) in [6.07, 6.45) is 0. The first-order chi connectivity index (χ1) is 23.1. The molecule has 0 N–H and O–H groups in total. The maximum atomic E-state index is 2.60. The lowest BCUT2D eigenvalue weighted by Gasteiger charge is -2.57. The van der Waals surface area contributed by atoms with Gasteiger partial charge in [0.25, 0.3) is 0 Å². The minimum Gasteiger partial charge on any atom is -0.309 e. The van der Waals surface area contributed by atoms with E-state index < -0.39 is 5.41 Å². The van der Waals surface area contributed by atoms with Crippen LogP contribution < -0.4 is 21.3 Å². The molecule has 0 radical (unpaired) electrons. The zero-order valence-corrected chi connectivity index (χ0v) is 28.6. The fourth-order valence-electron chi connectivity index (χ4n) is 11.3. The molecule has 1 spiro atoms. The molecule has 0 saturated carbocycles. The summed E-state index contributed by atoms with van der Waals surface area (Å²) < 4.78 is 0. The number of anilines is 3. The van der Waals surface area contributed by atoms with E-state index in [0.29, 0.717) is 0 Å². The Labute approximate surface area is 284 Å². The van der Waals surface area contributed by atoms with Crippen molar-refractivity contribution in [3.05, 3.63) is 177 Å². The van der Waals surface area contributed by atoms with Crippen LogP contribution in [-0.2, 0) is 21.7 Å². The van der Waals surface area contributed by atoms with Crippen molar-refractivity contribution in [2.75, 3.05) is 4.90 Å². The third-order valence-corrected chi connectivity index (χ3v) is 13.4. The van der Waals surface area contributed by atoms with E-state index in [0.717, 1.165) is 0 Å². The third kappa shape index (κ3) is 2.69. The molecule has 6 aromatic carbocycles. The second kappa shape index (κ2) is 8.24. The fraction of sp³-hybridized carbons (Fsp3) is 0.217. The van der Waals surface area contributed by atoms with Crippen molar-refractivity contribution in [1.29, 1.82) is 0 Å². The van der Waals surface area contributed by atoms with Crippen LogP contribution in [-0.4, -0.2) is 6.71 Å². The minimum absolute atomic E-state index is 0.120. The SMILES string of the molecule is CC1(C)c2cccc3c2B2c4c1cccc4C1(c4ccccc4N4c5ccccc5C(C)(C)c5cccc1c54)c1cccc(c12)C3(C)C. The summed E-state index contributed by atoms with van der Waals surface area (Å²) in [5.74, 6) is 0. The number of para-hydroxylation sites is 3. The quantitative estimate of drug-likeness (QED) is 0.155. The molecule has 48 heavy (non-hydrogen) atoms. The van der Waals surface area contributed by atoms with E-state index >= 15 is 0 Å². The molecule has 0 bridgehead atoms. The van der Waals surface area contributed by atoms with Crippen LogP contribution in [0.1, 0.15) is 97.2 Å². The standard InChI is InChI=1S/C46H38BN/c1-43(2)27-15-7-9-25-37(27)48-38-26-10-8-16-28(38)46(36-24-14-23-35(43)42(36)48)33-21-12-19-31-40(33)47-39-29(44(31,3)4)17-11-18-30(39)45(5,6)32-20-13-22-34(46)41(32)47/h7-26H,1-6H3. The lowest BCUT2D eigenvalue weighted by molar-refractivity contribution is 0.608. The van der Waals surface area contributed by atoms with Crippen LogP contribution in [0.15, 0.2) is 121 Å². The van der Waals surface area contributed by atoms with Crippen LogP contribution >= 0.6 is 0 Å². The molecule has 11 rings (SSSR count). The maximum absolute atomic E-state index is 2.60. The van der Waals surface area contributed by atoms with Crippen LogP contribution in [0.3, 0.4) is 0 Å². The Kier molecular flexibility index (Phi) is 4.66. The van der Waals surface area contributed by atoms with Crippen molar-refractivity contribution >= 4 is 40.2 Å². The van der Waals surface area contributed by atoms with Gasteiger partial charge in [-0.3, -0.25) is 0 Å². The summed E-state index contributed by atoms with van der Waals surface area (Å²) in [6, 6.07) is 47.4. The zero-order chi connectivity index (χ0) is 32.5. The second-order valence-corrected chi connectivity index (χ2v) is 16.4. The smallest absolute Gasteiger partial charge is 0.243 e. The predicted octanol–water partition coefficient (Wildman–Crippen LogP) is 8.60. The molecular formula is C46H38BN. The molecule has 5 aliphatic heterocycles. The Morgan fingerprint density at radius 3 is 1.25 bits per heavy atom. The largest absolute Gasteiger partial charge is 0.309 e. The lowest BCUT2D eigenvalue weighted by Crippen LogP contribution is -2.72. The Balaban J connectivity index is 1.38. The van der Waals surface area contributed by atoms with Gasteiger partial charge in [-0.05, 0) is 67.8 Å². The molecule has 2 heteroatoms. The number of fused-ring (bicyclic) bond motifs is 8. The number of nitrogens with zero attached hydrogens (tertiary/aromatic N) is 1. The van der Waals surface area contributed by atoms with Crippen molar-refractivity contribution in [3.63, 3.8) is 0 Å². The highest BCUT2D eigenvalue weighted by atomic mass is 15.2. The average molecular weight is 616 g/mol. The Bertz CT molecular complexity index is 2360. The predicted molar refractivity (Wildman–Crippen MR) is 200 cm³/mol. The van der Waals surface area contributed by atoms with Gasteiger partial charge in [-0.15, -0.1) is 0 Å². The van der Waals surface area contributed by atoms with E-state index in [-0.39, 0.29) is 23.0 Å². The highest BCUT2D eigenvalue weighted by Crippen LogP contribution is 2.64. The van der Waals surface area contributed by atoms with E-state index in [9.17, 15) is 0 Å². The highest BCUT2D eigenvalue weighted by Gasteiger charge is 2.59. The first-order valence-electron chi connectivity index (χ1n) is 17.7. The molecule has 0 saturated heterocycles. The maximum Gasteiger partial charge on any atom is 0.243 e. The monoisotopic (exact) mass is 615 g/mol. The van der Waals surface area contributed by atoms with Crippen LogP contribution in [0, 0.1) is 0 Å². The Morgan fingerprint density at radius 1 is 0.354 bits per heavy atom. The highest BCUT2D eigenvalue weighted by molar-refractivity contribution is 6.98. The Hall–Kier alpha value is -4.82. The normalized spacial score (nSPS) is 19.2. The molecule has 0 amide bonds. The van der Waals surface area contributed by atoms with E-state index in [1.54, 1.807) is 5.46 Å². The number of hydrogen-bond donors (Lipinski definition) is 0. The van der Waals surface area contributed by atoms with Gasteiger partial charge in [-0.2, -0.15) is 0 Å². The van der Waals surface area contributed by atoms with E-state index in [1.165, 1.54) is 83.6 Å². The van der Waals surface area contributed by atoms with Crippen LogP contribution in [0.4, 0.5) is 17.1 Å². The van der Waals surface area contributed by atoms with E-state index in [1.807, 2.05) is 0 Å². The van der Waals surface area contributed by atoms with Gasteiger partial charge in [0.1, 0.15) is 0 Å². The van der Waals surface area contributed by atoms with Gasteiger partial charge in [-0.1, -0.05) is 167 Å². The molecule has 0 atom stereocenters. The van der Waals surface area contributed by atoms with Gasteiger partial charge < -0.3 is 4.90 Å². The van der Waals surface area contributed by atoms with Crippen molar-refractivity contribution in [3.8, 4) is 0 Å². The summed E-state index contributed by atoms with van der Waals surface area (Å²) in [7, 11) is 0. The van der Waals surface area contributed by atoms with E-state index in [2.05, 4.69) is 168 Å². The molecule has 0 fully saturated rings. The minimum atomic E-state index is -0.468. The molecule has 5 aliphatic rings. The lowest BCUT2D eigenvalue weighted by atomic mass is 9.23. The summed E-state index contributed by atoms with van der Waals surface area (Å²) in [6.45, 7) is 14.9. The van der Waals surface area contributed by atoms with Crippen molar-refractivity contribution in [2.24, 2.45) is 0 Å². The zero-order valence-electron chi connectivity index (χ0n) is 28.6. The molecular weight excluding hydrogens is 577 g/mol. The van der Waals surface area contributed by atoms with Crippen LogP contribution in [0.2, 0.25) is 0 Å². The molecule has 230 valence electrons. The summed E-state index contributed by atoms with van der Waals surface area (Å²) in [5.41, 5.74) is 22.1. The van der Waals surface area contributed by atoms with Crippen molar-refractivity contribution in [2.45, 2.75) is 63.2 Å². The summed E-state index contributed by atoms with van der Waals surface area (Å²) >= 11 is 0. The number of benzene rings is 6. The topological polar surface area (TPSA) is 3.24 Å². The molecule has 0 unspecified atom stereocenters.